The summed E-state index contributed by atoms with van der Waals surface area (Å²) in [7, 11) is 2.08. The molecule has 1 heterocycles. The molecule has 0 bridgehead atoms. The number of thiophene rings is 1. The topological polar surface area (TPSA) is 23.5 Å². The summed E-state index contributed by atoms with van der Waals surface area (Å²) in [5.41, 5.74) is 2.28. The Balaban J connectivity index is 1.80. The zero-order chi connectivity index (χ0) is 14.5. The molecule has 0 aliphatic heterocycles. The molecule has 1 unspecified atom stereocenters. The van der Waals surface area contributed by atoms with Gasteiger partial charge >= 0.3 is 0 Å². The van der Waals surface area contributed by atoms with Crippen molar-refractivity contribution < 1.29 is 5.11 Å². The fourth-order valence-corrected chi connectivity index (χ4v) is 3.48. The van der Waals surface area contributed by atoms with E-state index in [1.165, 1.54) is 5.56 Å². The Morgan fingerprint density at radius 2 is 1.95 bits per heavy atom. The molecule has 5 heteroatoms. The third-order valence-corrected chi connectivity index (χ3v) is 5.20. The van der Waals surface area contributed by atoms with Gasteiger partial charge in [0, 0.05) is 17.6 Å². The highest BCUT2D eigenvalue weighted by molar-refractivity contribution is 9.11. The second kappa shape index (κ2) is 7.71. The Morgan fingerprint density at radius 1 is 1.25 bits per heavy atom. The molecular formula is C15H17Br2NOS. The van der Waals surface area contributed by atoms with E-state index in [-0.39, 0.29) is 0 Å². The Hall–Kier alpha value is -0.200. The third kappa shape index (κ3) is 4.97. The molecule has 0 fully saturated rings. The van der Waals surface area contributed by atoms with Crippen molar-refractivity contribution in [2.45, 2.75) is 19.1 Å². The summed E-state index contributed by atoms with van der Waals surface area (Å²) in [6.45, 7) is 1.78. The van der Waals surface area contributed by atoms with Gasteiger partial charge in [0.15, 0.2) is 0 Å². The van der Waals surface area contributed by atoms with E-state index in [2.05, 4.69) is 55.3 Å². The summed E-state index contributed by atoms with van der Waals surface area (Å²) in [6, 6.07) is 10.00. The number of halogens is 2. The highest BCUT2D eigenvalue weighted by atomic mass is 79.9. The molecule has 0 spiro atoms. The Bertz CT molecular complexity index is 541. The van der Waals surface area contributed by atoms with E-state index in [1.807, 2.05) is 24.3 Å². The number of hydrogen-bond acceptors (Lipinski definition) is 3. The van der Waals surface area contributed by atoms with Gasteiger partial charge in [-0.3, -0.25) is 0 Å². The van der Waals surface area contributed by atoms with Gasteiger partial charge in [-0.05, 0) is 64.1 Å². The first-order valence-corrected chi connectivity index (χ1v) is 8.86. The van der Waals surface area contributed by atoms with Gasteiger partial charge in [0.25, 0.3) is 0 Å². The highest BCUT2D eigenvalue weighted by Crippen LogP contribution is 2.22. The minimum absolute atomic E-state index is 0.403. The molecule has 0 aliphatic carbocycles. The SMILES string of the molecule is CN(CCC(O)c1ccc(Br)cc1)Cc1csc(Br)c1. The predicted molar refractivity (Wildman–Crippen MR) is 92.1 cm³/mol. The zero-order valence-corrected chi connectivity index (χ0v) is 15.2. The van der Waals surface area contributed by atoms with Crippen LogP contribution in [0.5, 0.6) is 0 Å². The van der Waals surface area contributed by atoms with Crippen molar-refractivity contribution in [1.29, 1.82) is 0 Å². The lowest BCUT2D eigenvalue weighted by Gasteiger charge is -2.18. The van der Waals surface area contributed by atoms with Crippen molar-refractivity contribution in [1.82, 2.24) is 4.90 Å². The van der Waals surface area contributed by atoms with Crippen molar-refractivity contribution in [3.05, 3.63) is 55.1 Å². The van der Waals surface area contributed by atoms with Crippen molar-refractivity contribution in [3.8, 4) is 0 Å². The molecule has 0 amide bonds. The monoisotopic (exact) mass is 417 g/mol. The van der Waals surface area contributed by atoms with Crippen LogP contribution in [0.1, 0.15) is 23.7 Å². The van der Waals surface area contributed by atoms with Gasteiger partial charge in [-0.2, -0.15) is 0 Å². The quantitative estimate of drug-likeness (QED) is 0.726. The number of aliphatic hydroxyl groups is 1. The summed E-state index contributed by atoms with van der Waals surface area (Å²) < 4.78 is 2.20. The molecule has 0 saturated heterocycles. The maximum atomic E-state index is 10.2. The average Bonchev–Trinajstić information content (AvgIpc) is 2.82. The maximum absolute atomic E-state index is 10.2. The van der Waals surface area contributed by atoms with Crippen molar-refractivity contribution in [3.63, 3.8) is 0 Å². The van der Waals surface area contributed by atoms with Crippen LogP contribution in [0.25, 0.3) is 0 Å². The number of rotatable bonds is 6. The molecule has 0 aliphatic rings. The molecule has 1 aromatic carbocycles. The second-order valence-corrected chi connectivity index (χ2v) is 8.06. The molecule has 20 heavy (non-hydrogen) atoms. The lowest BCUT2D eigenvalue weighted by Crippen LogP contribution is -2.20. The van der Waals surface area contributed by atoms with Crippen molar-refractivity contribution in [2.75, 3.05) is 13.6 Å². The summed E-state index contributed by atoms with van der Waals surface area (Å²) in [4.78, 5) is 2.23. The predicted octanol–water partition coefficient (Wildman–Crippen LogP) is 4.83. The van der Waals surface area contributed by atoms with E-state index in [9.17, 15) is 5.11 Å². The first-order valence-electron chi connectivity index (χ1n) is 6.39. The Labute approximate surface area is 140 Å². The van der Waals surface area contributed by atoms with Crippen LogP contribution < -0.4 is 0 Å². The van der Waals surface area contributed by atoms with Gasteiger partial charge in [-0.25, -0.2) is 0 Å². The minimum Gasteiger partial charge on any atom is -0.388 e. The Kier molecular flexibility index (Phi) is 6.23. The number of aliphatic hydroxyl groups excluding tert-OH is 1. The lowest BCUT2D eigenvalue weighted by atomic mass is 10.1. The van der Waals surface area contributed by atoms with Gasteiger partial charge in [0.1, 0.15) is 0 Å². The first-order chi connectivity index (χ1) is 9.54. The largest absolute Gasteiger partial charge is 0.388 e. The van der Waals surface area contributed by atoms with Crippen LogP contribution >= 0.6 is 43.2 Å². The highest BCUT2D eigenvalue weighted by Gasteiger charge is 2.09. The van der Waals surface area contributed by atoms with Crippen LogP contribution in [0, 0.1) is 0 Å². The zero-order valence-electron chi connectivity index (χ0n) is 11.2. The molecular weight excluding hydrogens is 402 g/mol. The molecule has 2 nitrogen and oxygen atoms in total. The molecule has 2 rings (SSSR count). The minimum atomic E-state index is -0.403. The van der Waals surface area contributed by atoms with Gasteiger partial charge in [0.05, 0.1) is 9.89 Å². The maximum Gasteiger partial charge on any atom is 0.0802 e. The number of nitrogens with zero attached hydrogens (tertiary/aromatic N) is 1. The summed E-state index contributed by atoms with van der Waals surface area (Å²) in [5, 5.41) is 12.3. The van der Waals surface area contributed by atoms with Crippen LogP contribution in [-0.4, -0.2) is 23.6 Å². The van der Waals surface area contributed by atoms with Crippen molar-refractivity contribution >= 4 is 43.2 Å². The summed E-state index contributed by atoms with van der Waals surface area (Å²) in [5.74, 6) is 0. The molecule has 0 saturated carbocycles. The molecule has 0 radical (unpaired) electrons. The second-order valence-electron chi connectivity index (χ2n) is 4.85. The molecule has 2 aromatic rings. The first kappa shape index (κ1) is 16.2. The van der Waals surface area contributed by atoms with Crippen LogP contribution in [0.3, 0.4) is 0 Å². The molecule has 1 atom stereocenters. The fraction of sp³-hybridized carbons (Fsp3) is 0.333. The van der Waals surface area contributed by atoms with Gasteiger partial charge in [-0.1, -0.05) is 28.1 Å². The summed E-state index contributed by atoms with van der Waals surface area (Å²) in [6.07, 6.45) is 0.337. The summed E-state index contributed by atoms with van der Waals surface area (Å²) >= 11 is 8.59. The van der Waals surface area contributed by atoms with E-state index in [0.717, 1.165) is 33.3 Å². The van der Waals surface area contributed by atoms with E-state index in [4.69, 9.17) is 0 Å². The van der Waals surface area contributed by atoms with Crippen LogP contribution in [-0.2, 0) is 6.54 Å². The smallest absolute Gasteiger partial charge is 0.0802 e. The average molecular weight is 419 g/mol. The normalized spacial score (nSPS) is 12.8. The molecule has 1 aromatic heterocycles. The van der Waals surface area contributed by atoms with E-state index in [0.29, 0.717) is 0 Å². The molecule has 1 N–H and O–H groups in total. The number of benzene rings is 1. The van der Waals surface area contributed by atoms with Gasteiger partial charge in [0.2, 0.25) is 0 Å². The molecule has 108 valence electrons. The van der Waals surface area contributed by atoms with E-state index in [1.54, 1.807) is 11.3 Å². The van der Waals surface area contributed by atoms with E-state index >= 15 is 0 Å². The van der Waals surface area contributed by atoms with Crippen LogP contribution in [0.15, 0.2) is 44.0 Å². The fourth-order valence-electron chi connectivity index (χ4n) is 2.01. The van der Waals surface area contributed by atoms with Crippen LogP contribution in [0.4, 0.5) is 0 Å². The Morgan fingerprint density at radius 3 is 2.55 bits per heavy atom. The van der Waals surface area contributed by atoms with Crippen LogP contribution in [0.2, 0.25) is 0 Å². The standard InChI is InChI=1S/C15H17Br2NOS/c1-18(9-11-8-15(17)20-10-11)7-6-14(19)12-2-4-13(16)5-3-12/h2-5,8,10,14,19H,6-7,9H2,1H3. The van der Waals surface area contributed by atoms with Gasteiger partial charge < -0.3 is 10.0 Å². The van der Waals surface area contributed by atoms with Gasteiger partial charge in [-0.15, -0.1) is 11.3 Å². The van der Waals surface area contributed by atoms with Crippen molar-refractivity contribution in [2.24, 2.45) is 0 Å². The number of hydrogen-bond donors (Lipinski definition) is 1. The van der Waals surface area contributed by atoms with E-state index < -0.39 is 6.10 Å². The third-order valence-electron chi connectivity index (χ3n) is 3.11. The lowest BCUT2D eigenvalue weighted by molar-refractivity contribution is 0.147.